The molecule has 1 saturated heterocycles. The zero-order chi connectivity index (χ0) is 31.9. The van der Waals surface area contributed by atoms with E-state index in [0.717, 1.165) is 12.1 Å². The molecule has 0 aliphatic carbocycles. The second-order valence-electron chi connectivity index (χ2n) is 12.3. The maximum absolute atomic E-state index is 13.9. The molecule has 1 unspecified atom stereocenters. The fourth-order valence-corrected chi connectivity index (χ4v) is 6.58. The smallest absolute Gasteiger partial charge is 0.411 e. The van der Waals surface area contributed by atoms with Crippen molar-refractivity contribution < 1.29 is 31.9 Å². The standard InChI is InChI=1S/C31H33F3N5O4Si/c1-29(2,3)28(43-44(4)5)30(16-42-17-30)39-15-24(23-14-36-18-37-27(23)39)26(41)20-11-22(13-35-12-20)38-25(40)10-19-6-8-21(9-7-19)31(32,33)34/h6-9,11-15,18,28H,10,16-17H2,1-5H3,(H,38,40). The molecule has 1 aliphatic heterocycles. The fourth-order valence-electron chi connectivity index (χ4n) is 5.53. The Kier molecular flexibility index (Phi) is 8.49. The van der Waals surface area contributed by atoms with Crippen LogP contribution in [0.5, 0.6) is 0 Å². The Morgan fingerprint density at radius 2 is 1.80 bits per heavy atom. The number of benzene rings is 1. The number of aromatic nitrogens is 4. The van der Waals surface area contributed by atoms with E-state index in [1.54, 1.807) is 12.4 Å². The minimum Gasteiger partial charge on any atom is -0.411 e. The summed E-state index contributed by atoms with van der Waals surface area (Å²) in [4.78, 5) is 39.5. The van der Waals surface area contributed by atoms with Crippen LogP contribution in [0, 0.1) is 5.41 Å². The first kappa shape index (κ1) is 31.5. The van der Waals surface area contributed by atoms with Gasteiger partial charge in [0.1, 0.15) is 17.5 Å². The summed E-state index contributed by atoms with van der Waals surface area (Å²) in [6, 6.07) is 5.90. The molecule has 1 fully saturated rings. The van der Waals surface area contributed by atoms with Gasteiger partial charge in [0, 0.05) is 29.5 Å². The van der Waals surface area contributed by atoms with Gasteiger partial charge in [0.2, 0.25) is 14.9 Å². The summed E-state index contributed by atoms with van der Waals surface area (Å²) in [6.07, 6.45) is 2.80. The van der Waals surface area contributed by atoms with Crippen LogP contribution in [0.1, 0.15) is 47.8 Å². The summed E-state index contributed by atoms with van der Waals surface area (Å²) in [5.41, 5.74) is 0.256. The second-order valence-corrected chi connectivity index (χ2v) is 14.3. The van der Waals surface area contributed by atoms with Crippen molar-refractivity contribution >= 4 is 37.5 Å². The normalized spacial score (nSPS) is 15.7. The number of nitrogens with zero attached hydrogens (tertiary/aromatic N) is 4. The number of carbonyl (C=O) groups excluding carboxylic acids is 2. The lowest BCUT2D eigenvalue weighted by Gasteiger charge is -2.53. The highest BCUT2D eigenvalue weighted by atomic mass is 28.3. The number of carbonyl (C=O) groups is 2. The molecule has 1 aliphatic rings. The molecular formula is C31H33F3N5O4Si. The first-order chi connectivity index (χ1) is 20.7. The van der Waals surface area contributed by atoms with Crippen molar-refractivity contribution in [3.63, 3.8) is 0 Å². The Morgan fingerprint density at radius 1 is 1.09 bits per heavy atom. The lowest BCUT2D eigenvalue weighted by molar-refractivity contribution is -0.175. The molecule has 231 valence electrons. The lowest BCUT2D eigenvalue weighted by atomic mass is 9.75. The topological polar surface area (TPSA) is 108 Å². The van der Waals surface area contributed by atoms with Crippen LogP contribution in [0.2, 0.25) is 13.1 Å². The van der Waals surface area contributed by atoms with Gasteiger partial charge in [0.05, 0.1) is 48.7 Å². The lowest BCUT2D eigenvalue weighted by Crippen LogP contribution is -2.64. The number of fused-ring (bicyclic) bond motifs is 1. The third kappa shape index (κ3) is 6.30. The van der Waals surface area contributed by atoms with Gasteiger partial charge in [-0.1, -0.05) is 32.9 Å². The Hall–Kier alpha value is -3.94. The fraction of sp³-hybridized carbons (Fsp3) is 0.387. The monoisotopic (exact) mass is 624 g/mol. The Morgan fingerprint density at radius 3 is 2.39 bits per heavy atom. The van der Waals surface area contributed by atoms with E-state index in [1.807, 2.05) is 4.57 Å². The molecule has 1 aromatic carbocycles. The van der Waals surface area contributed by atoms with E-state index in [4.69, 9.17) is 9.16 Å². The van der Waals surface area contributed by atoms with Gasteiger partial charge in [-0.05, 0) is 42.3 Å². The number of anilines is 1. The molecule has 13 heteroatoms. The zero-order valence-electron chi connectivity index (χ0n) is 25.0. The first-order valence-electron chi connectivity index (χ1n) is 14.0. The maximum atomic E-state index is 13.9. The van der Waals surface area contributed by atoms with Crippen LogP contribution in [0.15, 0.2) is 61.4 Å². The first-order valence-corrected chi connectivity index (χ1v) is 16.4. The Labute approximate surface area is 254 Å². The molecule has 1 amide bonds. The summed E-state index contributed by atoms with van der Waals surface area (Å²) >= 11 is 0. The van der Waals surface area contributed by atoms with E-state index in [0.29, 0.717) is 35.4 Å². The molecule has 1 N–H and O–H groups in total. The van der Waals surface area contributed by atoms with E-state index < -0.39 is 32.2 Å². The third-order valence-corrected chi connectivity index (χ3v) is 8.16. The number of nitrogens with one attached hydrogen (secondary N) is 1. The van der Waals surface area contributed by atoms with E-state index >= 15 is 0 Å². The highest BCUT2D eigenvalue weighted by Crippen LogP contribution is 2.43. The SMILES string of the molecule is C[Si](C)OC(C(C)(C)C)C1(n2cc(C(=O)c3cncc(NC(=O)Cc4ccc(C(F)(F)F)cc4)c3)c3cncnc32)COC1. The van der Waals surface area contributed by atoms with E-state index in [9.17, 15) is 22.8 Å². The second kappa shape index (κ2) is 11.9. The van der Waals surface area contributed by atoms with Crippen molar-refractivity contribution in [2.45, 2.75) is 58.1 Å². The van der Waals surface area contributed by atoms with Crippen molar-refractivity contribution in [3.8, 4) is 0 Å². The van der Waals surface area contributed by atoms with Gasteiger partial charge < -0.3 is 19.0 Å². The highest BCUT2D eigenvalue weighted by Gasteiger charge is 2.53. The van der Waals surface area contributed by atoms with E-state index in [-0.39, 0.29) is 35.0 Å². The number of alkyl halides is 3. The summed E-state index contributed by atoms with van der Waals surface area (Å²) in [7, 11) is -1.08. The van der Waals surface area contributed by atoms with Gasteiger partial charge in [0.15, 0.2) is 5.78 Å². The van der Waals surface area contributed by atoms with Gasteiger partial charge in [-0.3, -0.25) is 14.6 Å². The minimum atomic E-state index is -4.46. The average molecular weight is 625 g/mol. The zero-order valence-corrected chi connectivity index (χ0v) is 26.0. The number of ketones is 1. The Bertz CT molecular complexity index is 1680. The number of rotatable bonds is 9. The van der Waals surface area contributed by atoms with Crippen molar-refractivity contribution in [3.05, 3.63) is 83.7 Å². The number of amides is 1. The van der Waals surface area contributed by atoms with Crippen LogP contribution in [0.4, 0.5) is 18.9 Å². The summed E-state index contributed by atoms with van der Waals surface area (Å²) in [5, 5.41) is 3.24. The third-order valence-electron chi connectivity index (χ3n) is 7.45. The summed E-state index contributed by atoms with van der Waals surface area (Å²) in [5.74, 6) is -0.802. The number of halogens is 3. The quantitative estimate of drug-likeness (QED) is 0.189. The van der Waals surface area contributed by atoms with E-state index in [1.165, 1.54) is 36.9 Å². The van der Waals surface area contributed by atoms with E-state index in [2.05, 4.69) is 54.1 Å². The molecule has 0 spiro atoms. The van der Waals surface area contributed by atoms with Crippen molar-refractivity contribution in [2.24, 2.45) is 5.41 Å². The van der Waals surface area contributed by atoms with Crippen molar-refractivity contribution in [1.82, 2.24) is 19.5 Å². The van der Waals surface area contributed by atoms with Crippen molar-refractivity contribution in [1.29, 1.82) is 0 Å². The molecule has 3 aromatic heterocycles. The highest BCUT2D eigenvalue weighted by molar-refractivity contribution is 6.48. The number of pyridine rings is 1. The number of hydrogen-bond acceptors (Lipinski definition) is 7. The molecule has 5 rings (SSSR count). The molecular weight excluding hydrogens is 591 g/mol. The molecule has 9 nitrogen and oxygen atoms in total. The van der Waals surface area contributed by atoms with Crippen molar-refractivity contribution in [2.75, 3.05) is 18.5 Å². The minimum absolute atomic E-state index is 0.152. The van der Waals surface area contributed by atoms with Crippen LogP contribution < -0.4 is 5.32 Å². The molecule has 4 heterocycles. The Balaban J connectivity index is 1.42. The number of hydrogen-bond donors (Lipinski definition) is 1. The van der Waals surface area contributed by atoms with Gasteiger partial charge in [0.25, 0.3) is 0 Å². The van der Waals surface area contributed by atoms with Crippen LogP contribution in [0.25, 0.3) is 11.0 Å². The van der Waals surface area contributed by atoms with Gasteiger partial charge in [-0.2, -0.15) is 13.2 Å². The molecule has 0 saturated carbocycles. The van der Waals surface area contributed by atoms with Gasteiger partial charge >= 0.3 is 6.18 Å². The predicted octanol–water partition coefficient (Wildman–Crippen LogP) is 5.67. The van der Waals surface area contributed by atoms with Crippen LogP contribution >= 0.6 is 0 Å². The summed E-state index contributed by atoms with van der Waals surface area (Å²) in [6.45, 7) is 11.3. The molecule has 1 radical (unpaired) electrons. The summed E-state index contributed by atoms with van der Waals surface area (Å²) < 4.78 is 52.9. The molecule has 1 atom stereocenters. The molecule has 0 bridgehead atoms. The maximum Gasteiger partial charge on any atom is 0.416 e. The van der Waals surface area contributed by atoms with Gasteiger partial charge in [-0.25, -0.2) is 9.97 Å². The predicted molar refractivity (Wildman–Crippen MR) is 160 cm³/mol. The number of ether oxygens (including phenoxy) is 1. The molecule has 4 aromatic rings. The van der Waals surface area contributed by atoms with Crippen LogP contribution in [-0.4, -0.2) is 59.6 Å². The van der Waals surface area contributed by atoms with Gasteiger partial charge in [-0.15, -0.1) is 0 Å². The average Bonchev–Trinajstić information content (AvgIpc) is 3.30. The molecule has 44 heavy (non-hydrogen) atoms. The largest absolute Gasteiger partial charge is 0.416 e. The van der Waals surface area contributed by atoms with Crippen LogP contribution in [0.3, 0.4) is 0 Å². The van der Waals surface area contributed by atoms with Crippen LogP contribution in [-0.2, 0) is 32.1 Å².